The molecule has 0 radical (unpaired) electrons. The van der Waals surface area contributed by atoms with Crippen LogP contribution in [-0.4, -0.2) is 27.7 Å². The van der Waals surface area contributed by atoms with Crippen LogP contribution >= 0.6 is 0 Å². The first-order valence-electron chi connectivity index (χ1n) is 7.67. The average Bonchev–Trinajstić information content (AvgIpc) is 2.61. The molecule has 0 aliphatic rings. The summed E-state index contributed by atoms with van der Waals surface area (Å²) in [6.45, 7) is 3.35. The minimum Gasteiger partial charge on any atom is -0.508 e. The van der Waals surface area contributed by atoms with Crippen molar-refractivity contribution >= 4 is 23.2 Å². The van der Waals surface area contributed by atoms with Crippen LogP contribution < -0.4 is 10.7 Å². The quantitative estimate of drug-likeness (QED) is 0.380. The molecule has 25 heavy (non-hydrogen) atoms. The van der Waals surface area contributed by atoms with Gasteiger partial charge in [0.1, 0.15) is 11.5 Å². The maximum atomic E-state index is 12.1. The van der Waals surface area contributed by atoms with Crippen molar-refractivity contribution in [1.82, 2.24) is 5.43 Å². The van der Waals surface area contributed by atoms with Gasteiger partial charge in [0.2, 0.25) is 5.91 Å². The van der Waals surface area contributed by atoms with Gasteiger partial charge in [-0.25, -0.2) is 5.43 Å². The molecule has 0 unspecified atom stereocenters. The summed E-state index contributed by atoms with van der Waals surface area (Å²) in [5.74, 6) is -0.613. The van der Waals surface area contributed by atoms with E-state index in [1.807, 2.05) is 0 Å². The van der Waals surface area contributed by atoms with Crippen LogP contribution in [0.4, 0.5) is 5.69 Å². The molecule has 7 heteroatoms. The molecule has 0 saturated carbocycles. The number of anilines is 1. The number of nitrogens with one attached hydrogen (secondary N) is 2. The number of nitrogens with zero attached hydrogens (tertiary/aromatic N) is 1. The lowest BCUT2D eigenvalue weighted by Crippen LogP contribution is -2.19. The molecule has 2 aromatic rings. The number of phenolic OH excluding ortho intramolecular Hbond substituents is 2. The zero-order valence-corrected chi connectivity index (χ0v) is 13.9. The van der Waals surface area contributed by atoms with Gasteiger partial charge in [0, 0.05) is 23.2 Å². The van der Waals surface area contributed by atoms with E-state index in [1.165, 1.54) is 18.2 Å². The van der Waals surface area contributed by atoms with E-state index in [1.54, 1.807) is 38.1 Å². The van der Waals surface area contributed by atoms with Gasteiger partial charge in [0.05, 0.1) is 5.71 Å². The molecule has 0 saturated heterocycles. The van der Waals surface area contributed by atoms with Gasteiger partial charge < -0.3 is 15.5 Å². The van der Waals surface area contributed by atoms with E-state index < -0.39 is 5.91 Å². The van der Waals surface area contributed by atoms with Crippen molar-refractivity contribution in [1.29, 1.82) is 0 Å². The molecular formula is C18H19N3O4. The number of hydrogen-bond acceptors (Lipinski definition) is 5. The Morgan fingerprint density at radius 1 is 1.08 bits per heavy atom. The summed E-state index contributed by atoms with van der Waals surface area (Å²) in [4.78, 5) is 23.4. The Morgan fingerprint density at radius 2 is 1.76 bits per heavy atom. The summed E-state index contributed by atoms with van der Waals surface area (Å²) >= 11 is 0. The molecule has 0 aliphatic heterocycles. The van der Waals surface area contributed by atoms with Crippen molar-refractivity contribution in [3.05, 3.63) is 53.6 Å². The largest absolute Gasteiger partial charge is 0.508 e. The summed E-state index contributed by atoms with van der Waals surface area (Å²) in [7, 11) is 0. The summed E-state index contributed by atoms with van der Waals surface area (Å²) in [6.07, 6.45) is 0.373. The topological polar surface area (TPSA) is 111 Å². The third kappa shape index (κ3) is 4.81. The Hall–Kier alpha value is -3.35. The van der Waals surface area contributed by atoms with Gasteiger partial charge in [0.25, 0.3) is 5.91 Å². The van der Waals surface area contributed by atoms with Gasteiger partial charge >= 0.3 is 0 Å². The highest BCUT2D eigenvalue weighted by Crippen LogP contribution is 2.22. The predicted molar refractivity (Wildman–Crippen MR) is 94.8 cm³/mol. The molecule has 130 valence electrons. The Balaban J connectivity index is 2.06. The van der Waals surface area contributed by atoms with Crippen molar-refractivity contribution in [2.45, 2.75) is 20.3 Å². The van der Waals surface area contributed by atoms with E-state index in [2.05, 4.69) is 15.8 Å². The fourth-order valence-corrected chi connectivity index (χ4v) is 2.03. The number of carbonyl (C=O) groups excluding carboxylic acids is 2. The maximum absolute atomic E-state index is 12.1. The monoisotopic (exact) mass is 341 g/mol. The fraction of sp³-hybridized carbons (Fsp3) is 0.167. The number of phenols is 2. The van der Waals surface area contributed by atoms with Crippen LogP contribution in [-0.2, 0) is 4.79 Å². The van der Waals surface area contributed by atoms with Gasteiger partial charge in [-0.15, -0.1) is 0 Å². The third-order valence-electron chi connectivity index (χ3n) is 3.45. The molecule has 0 heterocycles. The Bertz CT molecular complexity index is 814. The van der Waals surface area contributed by atoms with Crippen molar-refractivity contribution in [3.63, 3.8) is 0 Å². The minimum absolute atomic E-state index is 0.0154. The second-order valence-corrected chi connectivity index (χ2v) is 5.32. The second kappa shape index (κ2) is 7.96. The number of amides is 2. The van der Waals surface area contributed by atoms with Gasteiger partial charge in [-0.05, 0) is 49.4 Å². The van der Waals surface area contributed by atoms with Crippen LogP contribution in [0.5, 0.6) is 11.5 Å². The summed E-state index contributed by atoms with van der Waals surface area (Å²) < 4.78 is 0. The molecular weight excluding hydrogens is 322 g/mol. The van der Waals surface area contributed by atoms with Crippen molar-refractivity contribution in [3.8, 4) is 11.5 Å². The first-order chi connectivity index (χ1) is 11.9. The number of hydrazone groups is 1. The lowest BCUT2D eigenvalue weighted by atomic mass is 10.1. The summed E-state index contributed by atoms with van der Waals surface area (Å²) in [5.41, 5.74) is 4.01. The first kappa shape index (κ1) is 18.0. The highest BCUT2D eigenvalue weighted by Gasteiger charge is 2.09. The molecule has 7 nitrogen and oxygen atoms in total. The van der Waals surface area contributed by atoms with Crippen LogP contribution in [0.25, 0.3) is 0 Å². The summed E-state index contributed by atoms with van der Waals surface area (Å²) in [6, 6.07) is 10.4. The van der Waals surface area contributed by atoms with E-state index in [0.29, 0.717) is 28.9 Å². The van der Waals surface area contributed by atoms with Crippen LogP contribution in [0.1, 0.15) is 36.2 Å². The van der Waals surface area contributed by atoms with Gasteiger partial charge in [-0.2, -0.15) is 5.10 Å². The Labute approximate surface area is 145 Å². The van der Waals surface area contributed by atoms with E-state index >= 15 is 0 Å². The van der Waals surface area contributed by atoms with E-state index in [0.717, 1.165) is 0 Å². The number of carbonyl (C=O) groups is 2. The molecule has 2 aromatic carbocycles. The predicted octanol–water partition coefficient (Wildman–Crippen LogP) is 2.60. The van der Waals surface area contributed by atoms with E-state index in [4.69, 9.17) is 0 Å². The molecule has 0 atom stereocenters. The number of hydrogen-bond donors (Lipinski definition) is 4. The van der Waals surface area contributed by atoms with Crippen molar-refractivity contribution < 1.29 is 19.8 Å². The highest BCUT2D eigenvalue weighted by molar-refractivity contribution is 6.03. The van der Waals surface area contributed by atoms with Crippen molar-refractivity contribution in [2.24, 2.45) is 5.10 Å². The normalized spacial score (nSPS) is 11.0. The van der Waals surface area contributed by atoms with Gasteiger partial charge in [-0.1, -0.05) is 6.92 Å². The molecule has 2 amide bonds. The molecule has 0 bridgehead atoms. The lowest BCUT2D eigenvalue weighted by Gasteiger charge is -2.07. The molecule has 0 aromatic heterocycles. The Morgan fingerprint density at radius 3 is 2.40 bits per heavy atom. The highest BCUT2D eigenvalue weighted by atomic mass is 16.3. The number of benzene rings is 2. The molecule has 0 aliphatic carbocycles. The van der Waals surface area contributed by atoms with E-state index in [9.17, 15) is 19.8 Å². The van der Waals surface area contributed by atoms with Gasteiger partial charge in [-0.3, -0.25) is 9.59 Å². The van der Waals surface area contributed by atoms with E-state index in [-0.39, 0.29) is 17.4 Å². The van der Waals surface area contributed by atoms with Gasteiger partial charge in [0.15, 0.2) is 0 Å². The summed E-state index contributed by atoms with van der Waals surface area (Å²) in [5, 5.41) is 25.9. The standard InChI is InChI=1S/C18H19N3O4/c1-3-17(24)19-13-6-4-12(5-7-13)18(25)21-20-11(2)15-10-14(22)8-9-16(15)23/h4-10,22-23H,3H2,1-2H3,(H,19,24)(H,21,25)/b20-11-. The zero-order chi connectivity index (χ0) is 18.4. The molecule has 0 spiro atoms. The van der Waals surface area contributed by atoms with Crippen molar-refractivity contribution in [2.75, 3.05) is 5.32 Å². The third-order valence-corrected chi connectivity index (χ3v) is 3.45. The SMILES string of the molecule is CCC(=O)Nc1ccc(C(=O)N/N=C(/C)c2cc(O)ccc2O)cc1. The van der Waals surface area contributed by atoms with Crippen LogP contribution in [0.3, 0.4) is 0 Å². The minimum atomic E-state index is -0.438. The van der Waals surface area contributed by atoms with Crippen LogP contribution in [0, 0.1) is 0 Å². The second-order valence-electron chi connectivity index (χ2n) is 5.32. The van der Waals surface area contributed by atoms with Crippen LogP contribution in [0.15, 0.2) is 47.6 Å². The molecule has 0 fully saturated rings. The lowest BCUT2D eigenvalue weighted by molar-refractivity contribution is -0.115. The number of rotatable bonds is 5. The molecule has 4 N–H and O–H groups in total. The Kier molecular flexibility index (Phi) is 5.73. The fourth-order valence-electron chi connectivity index (χ4n) is 2.03. The maximum Gasteiger partial charge on any atom is 0.271 e. The zero-order valence-electron chi connectivity index (χ0n) is 13.9. The average molecular weight is 341 g/mol. The first-order valence-corrected chi connectivity index (χ1v) is 7.67. The molecule has 2 rings (SSSR count). The van der Waals surface area contributed by atoms with Crippen LogP contribution in [0.2, 0.25) is 0 Å². The smallest absolute Gasteiger partial charge is 0.271 e. The number of aromatic hydroxyl groups is 2.